The maximum atomic E-state index is 12.0. The SMILES string of the molecule is CCOC(=O)Cc1nc(-c2ccc(Cl)cc2)oc1Oc1cc(C)ccc1C. The first kappa shape index (κ1) is 19.0. The Morgan fingerprint density at radius 2 is 1.89 bits per heavy atom. The molecule has 0 fully saturated rings. The summed E-state index contributed by atoms with van der Waals surface area (Å²) in [5.41, 5.74) is 3.13. The van der Waals surface area contributed by atoms with Crippen molar-refractivity contribution >= 4 is 17.6 Å². The van der Waals surface area contributed by atoms with Gasteiger partial charge in [-0.3, -0.25) is 4.79 Å². The van der Waals surface area contributed by atoms with Gasteiger partial charge in [-0.05, 0) is 62.2 Å². The average molecular weight is 386 g/mol. The number of oxazole rings is 1. The van der Waals surface area contributed by atoms with E-state index >= 15 is 0 Å². The number of ether oxygens (including phenoxy) is 2. The summed E-state index contributed by atoms with van der Waals surface area (Å²) < 4.78 is 16.8. The molecular formula is C21H20ClNO4. The van der Waals surface area contributed by atoms with Crippen LogP contribution in [0.5, 0.6) is 11.7 Å². The van der Waals surface area contributed by atoms with Gasteiger partial charge >= 0.3 is 11.9 Å². The number of hydrogen-bond acceptors (Lipinski definition) is 5. The fourth-order valence-corrected chi connectivity index (χ4v) is 2.64. The van der Waals surface area contributed by atoms with E-state index in [9.17, 15) is 4.79 Å². The number of aryl methyl sites for hydroxylation is 2. The van der Waals surface area contributed by atoms with Crippen LogP contribution in [0.15, 0.2) is 46.9 Å². The van der Waals surface area contributed by atoms with Crippen molar-refractivity contribution in [3.63, 3.8) is 0 Å². The van der Waals surface area contributed by atoms with Crippen LogP contribution in [0, 0.1) is 13.8 Å². The van der Waals surface area contributed by atoms with Crippen molar-refractivity contribution in [1.82, 2.24) is 4.98 Å². The third kappa shape index (κ3) is 4.68. The normalized spacial score (nSPS) is 10.7. The van der Waals surface area contributed by atoms with Crippen LogP contribution in [0.2, 0.25) is 5.02 Å². The highest BCUT2D eigenvalue weighted by Gasteiger charge is 2.21. The molecule has 140 valence electrons. The molecule has 5 nitrogen and oxygen atoms in total. The topological polar surface area (TPSA) is 61.6 Å². The number of benzene rings is 2. The van der Waals surface area contributed by atoms with Crippen LogP contribution >= 0.6 is 11.6 Å². The van der Waals surface area contributed by atoms with Gasteiger partial charge in [-0.15, -0.1) is 0 Å². The second-order valence-corrected chi connectivity index (χ2v) is 6.55. The summed E-state index contributed by atoms with van der Waals surface area (Å²) in [6, 6.07) is 13.0. The molecule has 0 radical (unpaired) electrons. The monoisotopic (exact) mass is 385 g/mol. The zero-order valence-corrected chi connectivity index (χ0v) is 16.2. The van der Waals surface area contributed by atoms with Gasteiger partial charge in [0.05, 0.1) is 13.0 Å². The molecule has 1 heterocycles. The molecule has 0 N–H and O–H groups in total. The van der Waals surface area contributed by atoms with E-state index in [4.69, 9.17) is 25.5 Å². The number of halogens is 1. The summed E-state index contributed by atoms with van der Waals surface area (Å²) in [7, 11) is 0. The summed E-state index contributed by atoms with van der Waals surface area (Å²) in [4.78, 5) is 16.4. The van der Waals surface area contributed by atoms with Crippen molar-refractivity contribution in [2.45, 2.75) is 27.2 Å². The van der Waals surface area contributed by atoms with Gasteiger partial charge in [0.1, 0.15) is 11.4 Å². The number of hydrogen-bond donors (Lipinski definition) is 0. The molecule has 6 heteroatoms. The number of rotatable bonds is 6. The third-order valence-electron chi connectivity index (χ3n) is 3.92. The number of carbonyl (C=O) groups is 1. The molecule has 0 bridgehead atoms. The van der Waals surface area contributed by atoms with Crippen LogP contribution in [-0.2, 0) is 16.0 Å². The van der Waals surface area contributed by atoms with Gasteiger partial charge < -0.3 is 13.9 Å². The van der Waals surface area contributed by atoms with E-state index in [1.165, 1.54) is 0 Å². The highest BCUT2D eigenvalue weighted by molar-refractivity contribution is 6.30. The fraction of sp³-hybridized carbons (Fsp3) is 0.238. The van der Waals surface area contributed by atoms with E-state index in [2.05, 4.69) is 4.98 Å². The molecular weight excluding hydrogens is 366 g/mol. The zero-order valence-electron chi connectivity index (χ0n) is 15.4. The molecule has 3 rings (SSSR count). The van der Waals surface area contributed by atoms with Gasteiger partial charge in [0.2, 0.25) is 5.89 Å². The fourth-order valence-electron chi connectivity index (χ4n) is 2.51. The minimum Gasteiger partial charge on any atom is -0.466 e. The summed E-state index contributed by atoms with van der Waals surface area (Å²) in [5.74, 6) is 0.797. The highest BCUT2D eigenvalue weighted by atomic mass is 35.5. The average Bonchev–Trinajstić information content (AvgIpc) is 3.01. The maximum Gasteiger partial charge on any atom is 0.315 e. The first-order chi connectivity index (χ1) is 13.0. The van der Waals surface area contributed by atoms with Crippen LogP contribution in [0.1, 0.15) is 23.7 Å². The molecule has 0 unspecified atom stereocenters. The smallest absolute Gasteiger partial charge is 0.315 e. The Hall–Kier alpha value is -2.79. The first-order valence-corrected chi connectivity index (χ1v) is 9.00. The predicted octanol–water partition coefficient (Wildman–Crippen LogP) is 5.51. The Morgan fingerprint density at radius 1 is 1.15 bits per heavy atom. The van der Waals surface area contributed by atoms with Gasteiger partial charge in [-0.25, -0.2) is 4.98 Å². The summed E-state index contributed by atoms with van der Waals surface area (Å²) in [6.45, 7) is 5.98. The lowest BCUT2D eigenvalue weighted by Gasteiger charge is -2.08. The molecule has 0 aliphatic heterocycles. The lowest BCUT2D eigenvalue weighted by Crippen LogP contribution is -2.08. The number of nitrogens with zero attached hydrogens (tertiary/aromatic N) is 1. The van der Waals surface area contributed by atoms with Crippen molar-refractivity contribution in [3.05, 3.63) is 64.3 Å². The Balaban J connectivity index is 1.97. The molecule has 1 aromatic heterocycles. The molecule has 0 aliphatic rings. The molecule has 0 amide bonds. The van der Waals surface area contributed by atoms with E-state index in [1.807, 2.05) is 32.0 Å². The molecule has 0 spiro atoms. The Morgan fingerprint density at radius 3 is 2.59 bits per heavy atom. The second kappa shape index (κ2) is 8.27. The van der Waals surface area contributed by atoms with Gasteiger partial charge in [0.25, 0.3) is 0 Å². The van der Waals surface area contributed by atoms with Gasteiger partial charge in [0.15, 0.2) is 0 Å². The Labute approximate surface area is 162 Å². The largest absolute Gasteiger partial charge is 0.466 e. The number of esters is 1. The van der Waals surface area contributed by atoms with Crippen LogP contribution in [-0.4, -0.2) is 17.6 Å². The highest BCUT2D eigenvalue weighted by Crippen LogP contribution is 2.33. The lowest BCUT2D eigenvalue weighted by molar-refractivity contribution is -0.142. The van der Waals surface area contributed by atoms with Gasteiger partial charge in [-0.1, -0.05) is 23.7 Å². The minimum absolute atomic E-state index is 0.0366. The van der Waals surface area contributed by atoms with E-state index in [-0.39, 0.29) is 18.3 Å². The van der Waals surface area contributed by atoms with Gasteiger partial charge in [-0.2, -0.15) is 0 Å². The van der Waals surface area contributed by atoms with Crippen LogP contribution in [0.4, 0.5) is 0 Å². The van der Waals surface area contributed by atoms with Crippen molar-refractivity contribution < 1.29 is 18.7 Å². The summed E-state index contributed by atoms with van der Waals surface area (Å²) in [6.07, 6.45) is -0.0366. The molecule has 0 atom stereocenters. The first-order valence-electron chi connectivity index (χ1n) is 8.62. The van der Waals surface area contributed by atoms with Crippen molar-refractivity contribution in [2.75, 3.05) is 6.61 Å². The van der Waals surface area contributed by atoms with Crippen LogP contribution in [0.3, 0.4) is 0 Å². The van der Waals surface area contributed by atoms with Gasteiger partial charge in [0, 0.05) is 10.6 Å². The summed E-state index contributed by atoms with van der Waals surface area (Å²) in [5, 5.41) is 0.615. The van der Waals surface area contributed by atoms with Crippen LogP contribution < -0.4 is 4.74 Å². The van der Waals surface area contributed by atoms with E-state index < -0.39 is 0 Å². The van der Waals surface area contributed by atoms with E-state index in [1.54, 1.807) is 31.2 Å². The maximum absolute atomic E-state index is 12.0. The van der Waals surface area contributed by atoms with Crippen molar-refractivity contribution in [1.29, 1.82) is 0 Å². The Kier molecular flexibility index (Phi) is 5.81. The van der Waals surface area contributed by atoms with Crippen LogP contribution in [0.25, 0.3) is 11.5 Å². The number of aromatic nitrogens is 1. The molecule has 0 saturated carbocycles. The Bertz CT molecular complexity index is 947. The van der Waals surface area contributed by atoms with Crippen molar-refractivity contribution in [3.8, 4) is 23.1 Å². The molecule has 2 aromatic carbocycles. The standard InChI is InChI=1S/C21H20ClNO4/c1-4-25-19(24)12-17-21(26-18-11-13(2)5-6-14(18)3)27-20(23-17)15-7-9-16(22)10-8-15/h5-11H,4,12H2,1-3H3. The molecule has 0 aliphatic carbocycles. The molecule has 27 heavy (non-hydrogen) atoms. The molecule has 0 saturated heterocycles. The predicted molar refractivity (Wildman–Crippen MR) is 103 cm³/mol. The molecule has 3 aromatic rings. The second-order valence-electron chi connectivity index (χ2n) is 6.11. The summed E-state index contributed by atoms with van der Waals surface area (Å²) >= 11 is 5.94. The van der Waals surface area contributed by atoms with E-state index in [0.29, 0.717) is 29.0 Å². The van der Waals surface area contributed by atoms with E-state index in [0.717, 1.165) is 16.7 Å². The minimum atomic E-state index is -0.390. The lowest BCUT2D eigenvalue weighted by atomic mass is 10.1. The quantitative estimate of drug-likeness (QED) is 0.523. The van der Waals surface area contributed by atoms with Crippen molar-refractivity contribution in [2.24, 2.45) is 0 Å². The third-order valence-corrected chi connectivity index (χ3v) is 4.17. The number of carbonyl (C=O) groups excluding carboxylic acids is 1. The zero-order chi connectivity index (χ0) is 19.4.